The van der Waals surface area contributed by atoms with Crippen molar-refractivity contribution in [1.82, 2.24) is 0 Å². The SMILES string of the molecule is c1cc(-c2ccc(N(c3ccccc3-c3ccc4oc5cc6ccccc6cc5c4c3)c3cccc4ccccc34)cc2)cc(-c2cccc3ccccc23)c1. The Morgan fingerprint density at radius 2 is 0.839 bits per heavy atom. The van der Waals surface area contributed by atoms with E-state index in [1.54, 1.807) is 0 Å². The van der Waals surface area contributed by atoms with Crippen LogP contribution in [0, 0.1) is 0 Å². The van der Waals surface area contributed by atoms with Crippen LogP contribution in [0.2, 0.25) is 0 Å². The predicted molar refractivity (Wildman–Crippen MR) is 237 cm³/mol. The maximum absolute atomic E-state index is 6.40. The molecule has 0 aliphatic rings. The molecule has 0 bridgehead atoms. The lowest BCUT2D eigenvalue weighted by Gasteiger charge is -2.29. The summed E-state index contributed by atoms with van der Waals surface area (Å²) in [6.07, 6.45) is 0. The topological polar surface area (TPSA) is 16.4 Å². The molecule has 1 aromatic heterocycles. The molecule has 0 amide bonds. The molecule has 0 N–H and O–H groups in total. The zero-order valence-corrected chi connectivity index (χ0v) is 30.6. The van der Waals surface area contributed by atoms with Crippen molar-refractivity contribution in [1.29, 1.82) is 0 Å². The van der Waals surface area contributed by atoms with E-state index in [0.29, 0.717) is 0 Å². The summed E-state index contributed by atoms with van der Waals surface area (Å²) in [6, 6.07) is 76.6. The summed E-state index contributed by atoms with van der Waals surface area (Å²) in [7, 11) is 0. The Balaban J connectivity index is 1.05. The third-order valence-electron chi connectivity index (χ3n) is 11.2. The maximum Gasteiger partial charge on any atom is 0.136 e. The number of hydrogen-bond acceptors (Lipinski definition) is 2. The molecule has 56 heavy (non-hydrogen) atoms. The molecule has 10 aromatic carbocycles. The monoisotopic (exact) mass is 713 g/mol. The number of anilines is 3. The van der Waals surface area contributed by atoms with Crippen molar-refractivity contribution in [3.63, 3.8) is 0 Å². The molecular formula is C54H35NO. The van der Waals surface area contributed by atoms with Crippen molar-refractivity contribution in [3.05, 3.63) is 212 Å². The van der Waals surface area contributed by atoms with Gasteiger partial charge in [0, 0.05) is 27.4 Å². The summed E-state index contributed by atoms with van der Waals surface area (Å²) in [6.45, 7) is 0. The minimum atomic E-state index is 0.891. The fraction of sp³-hybridized carbons (Fsp3) is 0. The average molecular weight is 714 g/mol. The minimum absolute atomic E-state index is 0.891. The lowest BCUT2D eigenvalue weighted by Crippen LogP contribution is -2.11. The van der Waals surface area contributed by atoms with Crippen molar-refractivity contribution in [2.75, 3.05) is 4.90 Å². The van der Waals surface area contributed by atoms with Crippen LogP contribution in [0.3, 0.4) is 0 Å². The third-order valence-corrected chi connectivity index (χ3v) is 11.2. The first-order chi connectivity index (χ1) is 27.7. The van der Waals surface area contributed by atoms with Gasteiger partial charge in [-0.15, -0.1) is 0 Å². The van der Waals surface area contributed by atoms with Crippen LogP contribution in [-0.2, 0) is 0 Å². The smallest absolute Gasteiger partial charge is 0.136 e. The zero-order valence-electron chi connectivity index (χ0n) is 30.6. The molecule has 11 rings (SSSR count). The van der Waals surface area contributed by atoms with Crippen molar-refractivity contribution in [3.8, 4) is 33.4 Å². The lowest BCUT2D eigenvalue weighted by molar-refractivity contribution is 0.669. The van der Waals surface area contributed by atoms with Crippen LogP contribution in [0.5, 0.6) is 0 Å². The van der Waals surface area contributed by atoms with E-state index < -0.39 is 0 Å². The Hall–Kier alpha value is -7.42. The van der Waals surface area contributed by atoms with Gasteiger partial charge in [-0.1, -0.05) is 158 Å². The van der Waals surface area contributed by atoms with Gasteiger partial charge in [0.2, 0.25) is 0 Å². The predicted octanol–water partition coefficient (Wildman–Crippen LogP) is 15.5. The van der Waals surface area contributed by atoms with Gasteiger partial charge in [-0.3, -0.25) is 0 Å². The van der Waals surface area contributed by atoms with Gasteiger partial charge >= 0.3 is 0 Å². The largest absolute Gasteiger partial charge is 0.456 e. The van der Waals surface area contributed by atoms with Crippen molar-refractivity contribution in [2.45, 2.75) is 0 Å². The van der Waals surface area contributed by atoms with Crippen LogP contribution < -0.4 is 4.90 Å². The van der Waals surface area contributed by atoms with Gasteiger partial charge in [-0.2, -0.15) is 0 Å². The molecular weight excluding hydrogens is 679 g/mol. The first-order valence-electron chi connectivity index (χ1n) is 19.2. The normalized spacial score (nSPS) is 11.6. The molecule has 262 valence electrons. The summed E-state index contributed by atoms with van der Waals surface area (Å²) in [5.41, 5.74) is 12.2. The Kier molecular flexibility index (Phi) is 7.53. The standard InChI is InChI=1S/C54H35NO/c1-2-15-41-35-54-50(33-40(41)14-1)49-34-43(28-31-53(49)56-54)48-22-7-8-24-51(48)55(52-25-11-17-38-13-4-6-21-47(38)52)44-29-26-36(27-30-44)39-18-9-19-42(32-39)46-23-10-16-37-12-3-5-20-45(37)46/h1-35H. The van der Waals surface area contributed by atoms with Crippen LogP contribution >= 0.6 is 0 Å². The second kappa shape index (κ2) is 13.2. The first-order valence-corrected chi connectivity index (χ1v) is 19.2. The van der Waals surface area contributed by atoms with E-state index in [-0.39, 0.29) is 0 Å². The average Bonchev–Trinajstić information content (AvgIpc) is 3.62. The van der Waals surface area contributed by atoms with Gasteiger partial charge in [0.1, 0.15) is 11.2 Å². The molecule has 0 saturated carbocycles. The number of nitrogens with zero attached hydrogens (tertiary/aromatic N) is 1. The number of rotatable bonds is 6. The van der Waals surface area contributed by atoms with Gasteiger partial charge < -0.3 is 9.32 Å². The van der Waals surface area contributed by atoms with E-state index in [4.69, 9.17) is 4.42 Å². The van der Waals surface area contributed by atoms with Crippen molar-refractivity contribution in [2.24, 2.45) is 0 Å². The molecule has 11 aromatic rings. The van der Waals surface area contributed by atoms with Crippen LogP contribution in [0.1, 0.15) is 0 Å². The highest BCUT2D eigenvalue weighted by atomic mass is 16.3. The van der Waals surface area contributed by atoms with Gasteiger partial charge in [0.05, 0.1) is 11.4 Å². The second-order valence-corrected chi connectivity index (χ2v) is 14.5. The molecule has 0 fully saturated rings. The fourth-order valence-corrected chi connectivity index (χ4v) is 8.50. The second-order valence-electron chi connectivity index (χ2n) is 14.5. The maximum atomic E-state index is 6.40. The van der Waals surface area contributed by atoms with Crippen molar-refractivity contribution >= 4 is 71.3 Å². The highest BCUT2D eigenvalue weighted by molar-refractivity contribution is 6.11. The fourth-order valence-electron chi connectivity index (χ4n) is 8.50. The minimum Gasteiger partial charge on any atom is -0.456 e. The number of fused-ring (bicyclic) bond motifs is 6. The zero-order chi connectivity index (χ0) is 37.0. The molecule has 0 radical (unpaired) electrons. The van der Waals surface area contributed by atoms with Crippen LogP contribution in [0.15, 0.2) is 217 Å². The molecule has 2 heteroatoms. The Bertz CT molecular complexity index is 3250. The molecule has 0 saturated heterocycles. The summed E-state index contributed by atoms with van der Waals surface area (Å²) < 4.78 is 6.40. The molecule has 0 aliphatic carbocycles. The number of hydrogen-bond donors (Lipinski definition) is 0. The Morgan fingerprint density at radius 1 is 0.286 bits per heavy atom. The lowest BCUT2D eigenvalue weighted by atomic mass is 9.95. The quantitative estimate of drug-likeness (QED) is 0.171. The number of para-hydroxylation sites is 1. The van der Waals surface area contributed by atoms with Gasteiger partial charge in [0.15, 0.2) is 0 Å². The molecule has 0 aliphatic heterocycles. The Morgan fingerprint density at radius 3 is 1.68 bits per heavy atom. The molecule has 2 nitrogen and oxygen atoms in total. The van der Waals surface area contributed by atoms with Gasteiger partial charge in [0.25, 0.3) is 0 Å². The summed E-state index contributed by atoms with van der Waals surface area (Å²) in [5.74, 6) is 0. The van der Waals surface area contributed by atoms with Crippen LogP contribution in [0.25, 0.3) is 87.6 Å². The van der Waals surface area contributed by atoms with E-state index in [2.05, 4.69) is 217 Å². The molecule has 1 heterocycles. The highest BCUT2D eigenvalue weighted by Gasteiger charge is 2.20. The van der Waals surface area contributed by atoms with Crippen LogP contribution in [-0.4, -0.2) is 0 Å². The van der Waals surface area contributed by atoms with E-state index in [0.717, 1.165) is 50.1 Å². The van der Waals surface area contributed by atoms with Gasteiger partial charge in [-0.05, 0) is 109 Å². The number of furan rings is 1. The van der Waals surface area contributed by atoms with E-state index in [1.807, 2.05) is 0 Å². The Labute approximate surface area is 325 Å². The van der Waals surface area contributed by atoms with Crippen LogP contribution in [0.4, 0.5) is 17.1 Å². The summed E-state index contributed by atoms with van der Waals surface area (Å²) in [5, 5.41) is 9.54. The molecule has 0 atom stereocenters. The molecule has 0 unspecified atom stereocenters. The van der Waals surface area contributed by atoms with E-state index in [1.165, 1.54) is 54.6 Å². The molecule has 0 spiro atoms. The first kappa shape index (κ1) is 32.0. The van der Waals surface area contributed by atoms with E-state index in [9.17, 15) is 0 Å². The third kappa shape index (κ3) is 5.42. The highest BCUT2D eigenvalue weighted by Crippen LogP contribution is 2.45. The van der Waals surface area contributed by atoms with Gasteiger partial charge in [-0.25, -0.2) is 0 Å². The summed E-state index contributed by atoms with van der Waals surface area (Å²) >= 11 is 0. The number of benzene rings is 10. The van der Waals surface area contributed by atoms with Crippen molar-refractivity contribution < 1.29 is 4.42 Å². The summed E-state index contributed by atoms with van der Waals surface area (Å²) in [4.78, 5) is 2.42. The van der Waals surface area contributed by atoms with E-state index >= 15 is 0 Å².